The molecule has 5 N–H and O–H groups in total. The quantitative estimate of drug-likeness (QED) is 0.755. The lowest BCUT2D eigenvalue weighted by Gasteiger charge is -2.13. The predicted octanol–water partition coefficient (Wildman–Crippen LogP) is 2.11. The van der Waals surface area contributed by atoms with Gasteiger partial charge in [-0.3, -0.25) is 0 Å². The van der Waals surface area contributed by atoms with Gasteiger partial charge in [0.05, 0.1) is 5.69 Å². The van der Waals surface area contributed by atoms with Crippen molar-refractivity contribution < 1.29 is 12.8 Å². The van der Waals surface area contributed by atoms with E-state index >= 15 is 0 Å². The molecule has 0 atom stereocenters. The summed E-state index contributed by atoms with van der Waals surface area (Å²) in [5.74, 6) is -0.425. The van der Waals surface area contributed by atoms with Gasteiger partial charge in [-0.2, -0.15) is 0 Å². The number of primary sulfonamides is 1. The van der Waals surface area contributed by atoms with Gasteiger partial charge in [0, 0.05) is 11.4 Å². The van der Waals surface area contributed by atoms with Crippen LogP contribution in [0.15, 0.2) is 41.3 Å². The molecule has 2 rings (SSSR count). The highest BCUT2D eigenvalue weighted by molar-refractivity contribution is 7.89. The summed E-state index contributed by atoms with van der Waals surface area (Å²) in [6.45, 7) is 1.77. The maximum atomic E-state index is 13.2. The highest BCUT2D eigenvalue weighted by Gasteiger charge is 2.15. The van der Waals surface area contributed by atoms with Crippen molar-refractivity contribution in [1.29, 1.82) is 0 Å². The number of halogens is 1. The minimum atomic E-state index is -3.94. The SMILES string of the molecule is Cc1ccc(F)cc1Nc1ccc(N)cc1S(N)(=O)=O. The van der Waals surface area contributed by atoms with Crippen LogP contribution in [0.1, 0.15) is 5.56 Å². The number of hydrogen-bond acceptors (Lipinski definition) is 4. The number of anilines is 3. The largest absolute Gasteiger partial charge is 0.399 e. The van der Waals surface area contributed by atoms with Crippen molar-refractivity contribution in [3.63, 3.8) is 0 Å². The first kappa shape index (κ1) is 14.3. The minimum absolute atomic E-state index is 0.138. The van der Waals surface area contributed by atoms with Crippen LogP contribution in [0.3, 0.4) is 0 Å². The van der Waals surface area contributed by atoms with Gasteiger partial charge in [0.25, 0.3) is 0 Å². The zero-order chi connectivity index (χ0) is 14.9. The van der Waals surface area contributed by atoms with Crippen molar-refractivity contribution in [2.24, 2.45) is 5.14 Å². The second kappa shape index (κ2) is 5.10. The Morgan fingerprint density at radius 1 is 1.10 bits per heavy atom. The third-order valence-corrected chi connectivity index (χ3v) is 3.73. The summed E-state index contributed by atoms with van der Waals surface area (Å²) in [7, 11) is -3.94. The number of nitrogens with one attached hydrogen (secondary N) is 1. The summed E-state index contributed by atoms with van der Waals surface area (Å²) in [5, 5.41) is 8.01. The topological polar surface area (TPSA) is 98.2 Å². The Morgan fingerprint density at radius 3 is 2.45 bits per heavy atom. The predicted molar refractivity (Wildman–Crippen MR) is 76.6 cm³/mol. The molecule has 0 bridgehead atoms. The number of nitrogens with two attached hydrogens (primary N) is 2. The molecule has 2 aromatic rings. The molecule has 0 saturated carbocycles. The number of hydrogen-bond donors (Lipinski definition) is 3. The second-order valence-corrected chi connectivity index (χ2v) is 5.91. The van der Waals surface area contributed by atoms with Crippen LogP contribution in [0.5, 0.6) is 0 Å². The van der Waals surface area contributed by atoms with Crippen molar-refractivity contribution in [2.75, 3.05) is 11.1 Å². The monoisotopic (exact) mass is 295 g/mol. The van der Waals surface area contributed by atoms with Gasteiger partial charge in [0.1, 0.15) is 10.7 Å². The lowest BCUT2D eigenvalue weighted by Crippen LogP contribution is -2.14. The van der Waals surface area contributed by atoms with E-state index in [0.29, 0.717) is 5.69 Å². The molecule has 0 fully saturated rings. The third kappa shape index (κ3) is 3.06. The smallest absolute Gasteiger partial charge is 0.240 e. The van der Waals surface area contributed by atoms with E-state index in [9.17, 15) is 12.8 Å². The second-order valence-electron chi connectivity index (χ2n) is 4.38. The zero-order valence-corrected chi connectivity index (χ0v) is 11.5. The molecule has 0 spiro atoms. The van der Waals surface area contributed by atoms with E-state index in [1.165, 1.54) is 30.3 Å². The van der Waals surface area contributed by atoms with E-state index in [1.807, 2.05) is 0 Å². The first-order valence-corrected chi connectivity index (χ1v) is 7.27. The van der Waals surface area contributed by atoms with Crippen LogP contribution in [-0.2, 0) is 10.0 Å². The maximum Gasteiger partial charge on any atom is 0.240 e. The highest BCUT2D eigenvalue weighted by Crippen LogP contribution is 2.28. The number of benzene rings is 2. The molecule has 0 aliphatic rings. The normalized spacial score (nSPS) is 11.3. The first-order valence-electron chi connectivity index (χ1n) is 5.73. The van der Waals surface area contributed by atoms with E-state index in [4.69, 9.17) is 10.9 Å². The van der Waals surface area contributed by atoms with Crippen molar-refractivity contribution in [3.05, 3.63) is 47.8 Å². The Hall–Kier alpha value is -2.12. The van der Waals surface area contributed by atoms with E-state index in [1.54, 1.807) is 13.0 Å². The molecule has 0 aliphatic heterocycles. The fraction of sp³-hybridized carbons (Fsp3) is 0.0769. The summed E-state index contributed by atoms with van der Waals surface area (Å²) >= 11 is 0. The van der Waals surface area contributed by atoms with Crippen LogP contribution in [0.25, 0.3) is 0 Å². The summed E-state index contributed by atoms with van der Waals surface area (Å²) in [4.78, 5) is -0.138. The zero-order valence-electron chi connectivity index (χ0n) is 10.7. The van der Waals surface area contributed by atoms with Crippen LogP contribution in [0, 0.1) is 12.7 Å². The average molecular weight is 295 g/mol. The molecule has 106 valence electrons. The van der Waals surface area contributed by atoms with Crippen LogP contribution in [0.4, 0.5) is 21.5 Å². The van der Waals surface area contributed by atoms with Gasteiger partial charge in [0.2, 0.25) is 10.0 Å². The molecule has 7 heteroatoms. The van der Waals surface area contributed by atoms with Crippen LogP contribution >= 0.6 is 0 Å². The minimum Gasteiger partial charge on any atom is -0.399 e. The highest BCUT2D eigenvalue weighted by atomic mass is 32.2. The molecular formula is C13H14FN3O2S. The molecule has 5 nitrogen and oxygen atoms in total. The Labute approximate surface area is 116 Å². The summed E-state index contributed by atoms with van der Waals surface area (Å²) in [6.07, 6.45) is 0. The summed E-state index contributed by atoms with van der Waals surface area (Å²) in [6, 6.07) is 8.46. The molecular weight excluding hydrogens is 281 g/mol. The molecule has 0 unspecified atom stereocenters. The van der Waals surface area contributed by atoms with Crippen molar-refractivity contribution >= 4 is 27.1 Å². The molecule has 0 radical (unpaired) electrons. The van der Waals surface area contributed by atoms with Gasteiger partial charge < -0.3 is 11.1 Å². The number of aryl methyl sites for hydroxylation is 1. The van der Waals surface area contributed by atoms with Crippen molar-refractivity contribution in [1.82, 2.24) is 0 Å². The number of nitrogen functional groups attached to an aromatic ring is 1. The molecule has 0 heterocycles. The molecule has 0 aromatic heterocycles. The molecule has 2 aromatic carbocycles. The van der Waals surface area contributed by atoms with Gasteiger partial charge >= 0.3 is 0 Å². The van der Waals surface area contributed by atoms with Gasteiger partial charge in [-0.1, -0.05) is 6.07 Å². The van der Waals surface area contributed by atoms with E-state index < -0.39 is 15.8 Å². The number of rotatable bonds is 3. The fourth-order valence-corrected chi connectivity index (χ4v) is 2.48. The Kier molecular flexibility index (Phi) is 3.65. The first-order chi connectivity index (χ1) is 9.27. The van der Waals surface area contributed by atoms with E-state index in [-0.39, 0.29) is 16.3 Å². The van der Waals surface area contributed by atoms with E-state index in [0.717, 1.165) is 5.56 Å². The van der Waals surface area contributed by atoms with Gasteiger partial charge in [-0.05, 0) is 42.8 Å². The van der Waals surface area contributed by atoms with Crippen LogP contribution < -0.4 is 16.2 Å². The fourth-order valence-electron chi connectivity index (χ4n) is 1.75. The van der Waals surface area contributed by atoms with Gasteiger partial charge in [-0.15, -0.1) is 0 Å². The Balaban J connectivity index is 2.52. The van der Waals surface area contributed by atoms with E-state index in [2.05, 4.69) is 5.32 Å². The molecule has 0 aliphatic carbocycles. The average Bonchev–Trinajstić information content (AvgIpc) is 2.34. The van der Waals surface area contributed by atoms with Gasteiger partial charge in [0.15, 0.2) is 0 Å². The molecule has 0 saturated heterocycles. The Morgan fingerprint density at radius 2 is 1.80 bits per heavy atom. The standard InChI is InChI=1S/C13H14FN3O2S/c1-8-2-3-9(14)6-12(8)17-11-5-4-10(15)7-13(11)20(16,18)19/h2-7,17H,15H2,1H3,(H2,16,18,19). The van der Waals surface area contributed by atoms with Crippen LogP contribution in [-0.4, -0.2) is 8.42 Å². The number of sulfonamides is 1. The summed E-state index contributed by atoms with van der Waals surface area (Å²) < 4.78 is 36.4. The lowest BCUT2D eigenvalue weighted by atomic mass is 10.2. The van der Waals surface area contributed by atoms with Crippen LogP contribution in [0.2, 0.25) is 0 Å². The molecule has 0 amide bonds. The van der Waals surface area contributed by atoms with Crippen molar-refractivity contribution in [3.8, 4) is 0 Å². The van der Waals surface area contributed by atoms with Gasteiger partial charge in [-0.25, -0.2) is 17.9 Å². The molecule has 20 heavy (non-hydrogen) atoms. The Bertz CT molecular complexity index is 760. The summed E-state index contributed by atoms with van der Waals surface area (Å²) in [5.41, 5.74) is 7.31. The third-order valence-electron chi connectivity index (χ3n) is 2.78. The lowest BCUT2D eigenvalue weighted by molar-refractivity contribution is 0.598. The maximum absolute atomic E-state index is 13.2. The van der Waals surface area contributed by atoms with Crippen molar-refractivity contribution in [2.45, 2.75) is 11.8 Å².